The highest BCUT2D eigenvalue weighted by Crippen LogP contribution is 2.38. The molecule has 0 fully saturated rings. The fraction of sp³-hybridized carbons (Fsp3) is 0.333. The van der Waals surface area contributed by atoms with Gasteiger partial charge in [-0.2, -0.15) is 4.37 Å². The molecule has 0 spiro atoms. The Morgan fingerprint density at radius 2 is 2.00 bits per heavy atom. The van der Waals surface area contributed by atoms with Gasteiger partial charge >= 0.3 is 0 Å². The van der Waals surface area contributed by atoms with Crippen LogP contribution in [0.15, 0.2) is 22.3 Å². The number of aromatic nitrogens is 2. The van der Waals surface area contributed by atoms with Crippen molar-refractivity contribution in [1.82, 2.24) is 8.94 Å². The third-order valence-corrected chi connectivity index (χ3v) is 4.84. The summed E-state index contributed by atoms with van der Waals surface area (Å²) in [5, 5.41) is 0.807. The Bertz CT molecular complexity index is 749. The summed E-state index contributed by atoms with van der Waals surface area (Å²) in [7, 11) is 0. The lowest BCUT2D eigenvalue weighted by molar-refractivity contribution is 0.448. The average molecular weight is 317 g/mol. The van der Waals surface area contributed by atoms with Gasteiger partial charge in [-0.3, -0.25) is 4.57 Å². The summed E-state index contributed by atoms with van der Waals surface area (Å²) in [6.07, 6.45) is 0. The molecule has 1 aromatic heterocycles. The largest absolute Gasteiger partial charge is 0.293 e. The lowest BCUT2D eigenvalue weighted by Gasteiger charge is -2.12. The summed E-state index contributed by atoms with van der Waals surface area (Å²) in [5.41, 5.74) is -0.224. The number of fused-ring (bicyclic) bond motifs is 1. The molecule has 0 aliphatic carbocycles. The van der Waals surface area contributed by atoms with Crippen LogP contribution in [0.3, 0.4) is 0 Å². The molecule has 0 N–H and O–H groups in total. The smallest absolute Gasteiger partial charge is 0.210 e. The number of hydrogen-bond donors (Lipinski definition) is 0. The second kappa shape index (κ2) is 4.63. The minimum absolute atomic E-state index is 0.00677. The zero-order valence-electron chi connectivity index (χ0n) is 10.7. The van der Waals surface area contributed by atoms with Crippen LogP contribution in [0, 0.1) is 17.5 Å². The molecule has 3 rings (SSSR count). The minimum atomic E-state index is -1.51. The Labute approximate surface area is 121 Å². The predicted molar refractivity (Wildman–Crippen MR) is 71.6 cm³/mol. The summed E-state index contributed by atoms with van der Waals surface area (Å²) in [6, 6.07) is 1.98. The fourth-order valence-corrected chi connectivity index (χ4v) is 3.83. The second-order valence-corrected chi connectivity index (χ2v) is 7.41. The zero-order valence-corrected chi connectivity index (χ0v) is 12.3. The Kier molecular flexibility index (Phi) is 3.17. The van der Waals surface area contributed by atoms with Crippen molar-refractivity contribution in [2.24, 2.45) is 4.99 Å². The van der Waals surface area contributed by atoms with E-state index in [-0.39, 0.29) is 10.4 Å². The molecule has 2 heterocycles. The van der Waals surface area contributed by atoms with Gasteiger partial charge in [0.05, 0.1) is 0 Å². The molecule has 2 aromatic rings. The Morgan fingerprint density at radius 1 is 1.25 bits per heavy atom. The number of hydrogen-bond acceptors (Lipinski definition) is 4. The van der Waals surface area contributed by atoms with E-state index in [1.165, 1.54) is 0 Å². The molecule has 20 heavy (non-hydrogen) atoms. The lowest BCUT2D eigenvalue weighted by atomic mass is 10.2. The first-order valence-electron chi connectivity index (χ1n) is 5.81. The van der Waals surface area contributed by atoms with Gasteiger partial charge in [-0.25, -0.2) is 18.2 Å². The number of nitrogens with zero attached hydrogens (tertiary/aromatic N) is 3. The molecule has 1 aliphatic rings. The molecule has 0 amide bonds. The molecule has 8 heteroatoms. The van der Waals surface area contributed by atoms with Crippen molar-refractivity contribution in [3.05, 3.63) is 34.4 Å². The van der Waals surface area contributed by atoms with E-state index in [0.29, 0.717) is 11.3 Å². The number of halogens is 3. The number of thioether (sulfide) groups is 1. The first-order chi connectivity index (χ1) is 9.37. The van der Waals surface area contributed by atoms with Crippen LogP contribution in [0.1, 0.15) is 13.8 Å². The maximum Gasteiger partial charge on any atom is 0.210 e. The molecule has 1 aromatic carbocycles. The summed E-state index contributed by atoms with van der Waals surface area (Å²) < 4.78 is 45.8. The highest BCUT2D eigenvalue weighted by molar-refractivity contribution is 8.00. The lowest BCUT2D eigenvalue weighted by Crippen LogP contribution is -2.21. The first kappa shape index (κ1) is 13.7. The molecule has 1 aliphatic heterocycles. The maximum absolute atomic E-state index is 13.6. The van der Waals surface area contributed by atoms with Gasteiger partial charge in [0.15, 0.2) is 22.6 Å². The molecule has 0 saturated carbocycles. The van der Waals surface area contributed by atoms with Gasteiger partial charge in [0.2, 0.25) is 4.80 Å². The summed E-state index contributed by atoms with van der Waals surface area (Å²) in [5.74, 6) is -4.01. The van der Waals surface area contributed by atoms with E-state index in [1.807, 2.05) is 4.57 Å². The van der Waals surface area contributed by atoms with Gasteiger partial charge in [-0.1, -0.05) is 11.8 Å². The molecule has 0 radical (unpaired) electrons. The standard InChI is InChI=1S/C12H10F3N3S2/c1-12(2)5-18-10(20-17-11(18)19-12)16-7-4-3-6(13)8(14)9(7)15/h3-4H,5H2,1-2H3. The van der Waals surface area contributed by atoms with Crippen LogP contribution in [-0.2, 0) is 6.54 Å². The van der Waals surface area contributed by atoms with E-state index in [0.717, 1.165) is 28.8 Å². The van der Waals surface area contributed by atoms with Crippen LogP contribution in [-0.4, -0.2) is 13.7 Å². The third-order valence-electron chi connectivity index (χ3n) is 2.80. The fourth-order valence-electron chi connectivity index (χ4n) is 1.92. The van der Waals surface area contributed by atoms with Gasteiger partial charge in [0.25, 0.3) is 0 Å². The molecule has 0 saturated heterocycles. The SMILES string of the molecule is CC1(C)Cn2c(nsc2=Nc2ccc(F)c(F)c2F)S1. The normalized spacial score (nSPS) is 17.6. The van der Waals surface area contributed by atoms with Crippen LogP contribution in [0.5, 0.6) is 0 Å². The van der Waals surface area contributed by atoms with Crippen molar-refractivity contribution >= 4 is 29.0 Å². The van der Waals surface area contributed by atoms with Crippen LogP contribution < -0.4 is 4.80 Å². The molecular weight excluding hydrogens is 307 g/mol. The van der Waals surface area contributed by atoms with Gasteiger partial charge in [-0.05, 0) is 26.0 Å². The Hall–Kier alpha value is -1.28. The third kappa shape index (κ3) is 2.26. The van der Waals surface area contributed by atoms with Crippen molar-refractivity contribution in [2.45, 2.75) is 30.3 Å². The van der Waals surface area contributed by atoms with E-state index in [4.69, 9.17) is 0 Å². The van der Waals surface area contributed by atoms with E-state index < -0.39 is 17.5 Å². The Balaban J connectivity index is 2.10. The maximum atomic E-state index is 13.6. The highest BCUT2D eigenvalue weighted by atomic mass is 32.2. The van der Waals surface area contributed by atoms with Gasteiger partial charge in [-0.15, -0.1) is 0 Å². The van der Waals surface area contributed by atoms with Crippen molar-refractivity contribution in [3.8, 4) is 0 Å². The topological polar surface area (TPSA) is 30.2 Å². The second-order valence-electron chi connectivity index (χ2n) is 5.00. The van der Waals surface area contributed by atoms with Crippen molar-refractivity contribution in [1.29, 1.82) is 0 Å². The molecule has 3 nitrogen and oxygen atoms in total. The van der Waals surface area contributed by atoms with Gasteiger partial charge < -0.3 is 0 Å². The molecular formula is C12H10F3N3S2. The molecule has 0 bridgehead atoms. The molecule has 0 unspecified atom stereocenters. The quantitative estimate of drug-likeness (QED) is 0.754. The highest BCUT2D eigenvalue weighted by Gasteiger charge is 2.31. The monoisotopic (exact) mass is 317 g/mol. The van der Waals surface area contributed by atoms with E-state index in [2.05, 4.69) is 23.2 Å². The van der Waals surface area contributed by atoms with Crippen molar-refractivity contribution < 1.29 is 13.2 Å². The van der Waals surface area contributed by atoms with Crippen LogP contribution in [0.4, 0.5) is 18.9 Å². The first-order valence-corrected chi connectivity index (χ1v) is 7.40. The van der Waals surface area contributed by atoms with E-state index in [9.17, 15) is 13.2 Å². The van der Waals surface area contributed by atoms with Crippen LogP contribution >= 0.6 is 23.3 Å². The van der Waals surface area contributed by atoms with E-state index in [1.54, 1.807) is 11.8 Å². The van der Waals surface area contributed by atoms with E-state index >= 15 is 0 Å². The van der Waals surface area contributed by atoms with Crippen LogP contribution in [0.25, 0.3) is 0 Å². The summed E-state index contributed by atoms with van der Waals surface area (Å²) >= 11 is 2.72. The van der Waals surface area contributed by atoms with Gasteiger partial charge in [0.1, 0.15) is 5.69 Å². The van der Waals surface area contributed by atoms with Crippen LogP contribution in [0.2, 0.25) is 0 Å². The zero-order chi connectivity index (χ0) is 14.5. The molecule has 0 atom stereocenters. The predicted octanol–water partition coefficient (Wildman–Crippen LogP) is 3.48. The average Bonchev–Trinajstić information content (AvgIpc) is 2.86. The Morgan fingerprint density at radius 3 is 2.75 bits per heavy atom. The number of benzene rings is 1. The van der Waals surface area contributed by atoms with Crippen molar-refractivity contribution in [2.75, 3.05) is 0 Å². The minimum Gasteiger partial charge on any atom is -0.293 e. The summed E-state index contributed by atoms with van der Waals surface area (Å²) in [6.45, 7) is 4.82. The number of rotatable bonds is 1. The van der Waals surface area contributed by atoms with Crippen molar-refractivity contribution in [3.63, 3.8) is 0 Å². The summed E-state index contributed by atoms with van der Waals surface area (Å²) in [4.78, 5) is 4.54. The van der Waals surface area contributed by atoms with Gasteiger partial charge in [0, 0.05) is 22.8 Å². The molecule has 106 valence electrons.